The summed E-state index contributed by atoms with van der Waals surface area (Å²) in [7, 11) is 1.50. The summed E-state index contributed by atoms with van der Waals surface area (Å²) in [5.74, 6) is 0.359. The van der Waals surface area contributed by atoms with E-state index in [1.165, 1.54) is 18.0 Å². The third kappa shape index (κ3) is 7.76. The summed E-state index contributed by atoms with van der Waals surface area (Å²) in [5, 5.41) is 10.5. The number of alkyl halides is 3. The number of ether oxygens (including phenoxy) is 1. The van der Waals surface area contributed by atoms with Crippen LogP contribution >= 0.6 is 23.2 Å². The van der Waals surface area contributed by atoms with Crippen LogP contribution in [0.4, 0.5) is 13.2 Å². The molecule has 0 bridgehead atoms. The summed E-state index contributed by atoms with van der Waals surface area (Å²) in [4.78, 5) is 1.39. The summed E-state index contributed by atoms with van der Waals surface area (Å²) in [6.07, 6.45) is -6.04. The molecule has 1 rings (SSSR count). The van der Waals surface area contributed by atoms with E-state index in [1.54, 1.807) is 12.1 Å². The highest BCUT2D eigenvalue weighted by molar-refractivity contribution is 6.35. The first-order valence-electron chi connectivity index (χ1n) is 6.18. The Bertz CT molecular complexity index is 458. The van der Waals surface area contributed by atoms with Crippen molar-refractivity contribution in [2.24, 2.45) is 0 Å². The molecule has 1 unspecified atom stereocenters. The molecule has 120 valence electrons. The van der Waals surface area contributed by atoms with Crippen LogP contribution in [0.5, 0.6) is 5.75 Å². The molecule has 0 aromatic heterocycles. The fourth-order valence-corrected chi connectivity index (χ4v) is 2.06. The molecule has 0 aliphatic heterocycles. The second kappa shape index (κ2) is 8.08. The van der Waals surface area contributed by atoms with Crippen LogP contribution in [-0.2, 0) is 0 Å². The number of nitrogens with zero attached hydrogens (tertiary/aromatic N) is 1. The van der Waals surface area contributed by atoms with Gasteiger partial charge < -0.3 is 14.7 Å². The Labute approximate surface area is 131 Å². The van der Waals surface area contributed by atoms with Crippen molar-refractivity contribution < 1.29 is 23.0 Å². The van der Waals surface area contributed by atoms with Crippen molar-refractivity contribution in [2.75, 3.05) is 26.7 Å². The van der Waals surface area contributed by atoms with Crippen LogP contribution < -0.4 is 4.74 Å². The molecule has 1 aromatic carbocycles. The largest absolute Gasteiger partial charge is 0.489 e. The Balaban J connectivity index is 2.35. The quantitative estimate of drug-likeness (QED) is 0.819. The van der Waals surface area contributed by atoms with Crippen LogP contribution in [0, 0.1) is 0 Å². The van der Waals surface area contributed by atoms with Gasteiger partial charge in [-0.1, -0.05) is 23.2 Å². The Kier molecular flexibility index (Phi) is 7.06. The molecule has 1 atom stereocenters. The number of likely N-dealkylation sites (N-methyl/N-ethyl adjacent to an activating group) is 1. The van der Waals surface area contributed by atoms with E-state index >= 15 is 0 Å². The number of aliphatic hydroxyl groups is 1. The third-order valence-corrected chi connectivity index (χ3v) is 3.16. The van der Waals surface area contributed by atoms with Crippen molar-refractivity contribution in [1.82, 2.24) is 4.90 Å². The maximum absolute atomic E-state index is 12.1. The van der Waals surface area contributed by atoms with Gasteiger partial charge in [0.2, 0.25) is 0 Å². The van der Waals surface area contributed by atoms with E-state index < -0.39 is 18.7 Å². The number of rotatable bonds is 7. The lowest BCUT2D eigenvalue weighted by atomic mass is 10.3. The van der Waals surface area contributed by atoms with Crippen LogP contribution in [-0.4, -0.2) is 49.0 Å². The number of hydrogen-bond donors (Lipinski definition) is 1. The highest BCUT2D eigenvalue weighted by Gasteiger charge is 2.27. The molecule has 3 nitrogen and oxygen atoms in total. The average molecular weight is 346 g/mol. The predicted octanol–water partition coefficient (Wildman–Crippen LogP) is 3.62. The maximum atomic E-state index is 12.1. The number of aliphatic hydroxyl groups excluding tert-OH is 1. The molecule has 0 aliphatic rings. The fraction of sp³-hybridized carbons (Fsp3) is 0.538. The lowest BCUT2D eigenvalue weighted by Crippen LogP contribution is -2.35. The zero-order valence-corrected chi connectivity index (χ0v) is 12.8. The molecule has 21 heavy (non-hydrogen) atoms. The first kappa shape index (κ1) is 18.4. The van der Waals surface area contributed by atoms with Gasteiger partial charge in [-0.3, -0.25) is 0 Å². The van der Waals surface area contributed by atoms with Crippen LogP contribution in [0.2, 0.25) is 10.0 Å². The molecule has 1 aromatic rings. The van der Waals surface area contributed by atoms with E-state index in [1.807, 2.05) is 0 Å². The van der Waals surface area contributed by atoms with Crippen LogP contribution in [0.25, 0.3) is 0 Å². The van der Waals surface area contributed by atoms with Crippen molar-refractivity contribution in [1.29, 1.82) is 0 Å². The first-order chi connectivity index (χ1) is 9.67. The van der Waals surface area contributed by atoms with Gasteiger partial charge >= 0.3 is 6.18 Å². The van der Waals surface area contributed by atoms with Gasteiger partial charge in [0.05, 0.1) is 11.4 Å². The first-order valence-corrected chi connectivity index (χ1v) is 6.94. The Morgan fingerprint density at radius 3 is 2.57 bits per heavy atom. The minimum atomic E-state index is -4.20. The van der Waals surface area contributed by atoms with Gasteiger partial charge in [0.1, 0.15) is 18.5 Å². The van der Waals surface area contributed by atoms with Gasteiger partial charge in [-0.25, -0.2) is 0 Å². The summed E-state index contributed by atoms with van der Waals surface area (Å²) in [6, 6.07) is 4.65. The topological polar surface area (TPSA) is 32.7 Å². The lowest BCUT2D eigenvalue weighted by molar-refractivity contribution is -0.138. The van der Waals surface area contributed by atoms with Gasteiger partial charge in [0, 0.05) is 18.1 Å². The highest BCUT2D eigenvalue weighted by Crippen LogP contribution is 2.27. The summed E-state index contributed by atoms with van der Waals surface area (Å²) < 4.78 is 41.5. The molecule has 0 saturated heterocycles. The van der Waals surface area contributed by atoms with Gasteiger partial charge in [-0.15, -0.1) is 0 Å². The Hall–Kier alpha value is -0.690. The molecular formula is C13H16Cl2F3NO2. The maximum Gasteiger partial charge on any atom is 0.390 e. The van der Waals surface area contributed by atoms with Crippen LogP contribution in [0.1, 0.15) is 6.42 Å². The Morgan fingerprint density at radius 2 is 2.00 bits per heavy atom. The molecule has 1 N–H and O–H groups in total. The van der Waals surface area contributed by atoms with Crippen molar-refractivity contribution in [3.05, 3.63) is 28.2 Å². The van der Waals surface area contributed by atoms with E-state index in [0.29, 0.717) is 15.8 Å². The van der Waals surface area contributed by atoms with Crippen LogP contribution in [0.15, 0.2) is 18.2 Å². The predicted molar refractivity (Wildman–Crippen MR) is 76.1 cm³/mol. The van der Waals surface area contributed by atoms with E-state index in [4.69, 9.17) is 27.9 Å². The normalized spacial score (nSPS) is 13.5. The van der Waals surface area contributed by atoms with E-state index in [2.05, 4.69) is 0 Å². The molecule has 0 amide bonds. The molecule has 8 heteroatoms. The monoisotopic (exact) mass is 345 g/mol. The molecule has 0 spiro atoms. The highest BCUT2D eigenvalue weighted by atomic mass is 35.5. The average Bonchev–Trinajstić information content (AvgIpc) is 2.34. The zero-order chi connectivity index (χ0) is 16.0. The van der Waals surface area contributed by atoms with E-state index in [9.17, 15) is 18.3 Å². The summed E-state index contributed by atoms with van der Waals surface area (Å²) >= 11 is 11.6. The minimum absolute atomic E-state index is 0.0707. The number of benzene rings is 1. The molecule has 0 aliphatic carbocycles. The van der Waals surface area contributed by atoms with Crippen molar-refractivity contribution in [2.45, 2.75) is 18.7 Å². The SMILES string of the molecule is CN(CCC(F)(F)F)CC(O)COc1ccc(Cl)cc1Cl. The molecule has 0 fully saturated rings. The second-order valence-electron chi connectivity index (χ2n) is 4.67. The van der Waals surface area contributed by atoms with E-state index in [0.717, 1.165) is 0 Å². The molecule has 0 saturated carbocycles. The lowest BCUT2D eigenvalue weighted by Gasteiger charge is -2.21. The van der Waals surface area contributed by atoms with Crippen molar-refractivity contribution >= 4 is 23.2 Å². The fourth-order valence-electron chi connectivity index (χ4n) is 1.60. The molecular weight excluding hydrogens is 330 g/mol. The summed E-state index contributed by atoms with van der Waals surface area (Å²) in [5.41, 5.74) is 0. The smallest absolute Gasteiger partial charge is 0.390 e. The zero-order valence-electron chi connectivity index (χ0n) is 11.3. The van der Waals surface area contributed by atoms with Crippen molar-refractivity contribution in [3.8, 4) is 5.75 Å². The van der Waals surface area contributed by atoms with Gasteiger partial charge in [-0.05, 0) is 25.2 Å². The number of hydrogen-bond acceptors (Lipinski definition) is 3. The molecule has 0 radical (unpaired) electrons. The minimum Gasteiger partial charge on any atom is -0.489 e. The van der Waals surface area contributed by atoms with Crippen molar-refractivity contribution in [3.63, 3.8) is 0 Å². The summed E-state index contributed by atoms with van der Waals surface area (Å²) in [6.45, 7) is -0.179. The Morgan fingerprint density at radius 1 is 1.33 bits per heavy atom. The van der Waals surface area contributed by atoms with Gasteiger partial charge in [-0.2, -0.15) is 13.2 Å². The molecule has 0 heterocycles. The van der Waals surface area contributed by atoms with Gasteiger partial charge in [0.25, 0.3) is 0 Å². The van der Waals surface area contributed by atoms with Crippen LogP contribution in [0.3, 0.4) is 0 Å². The standard InChI is InChI=1S/C13H16Cl2F3NO2/c1-19(5-4-13(16,17)18)7-10(20)8-21-12-3-2-9(14)6-11(12)15/h2-3,6,10,20H,4-5,7-8H2,1H3. The number of halogens is 5. The van der Waals surface area contributed by atoms with E-state index in [-0.39, 0.29) is 19.7 Å². The second-order valence-corrected chi connectivity index (χ2v) is 5.51. The van der Waals surface area contributed by atoms with Gasteiger partial charge in [0.15, 0.2) is 0 Å². The third-order valence-electron chi connectivity index (χ3n) is 2.62.